The molecule has 1 N–H and O–H groups in total. The molecule has 0 bridgehead atoms. The fraction of sp³-hybridized carbons (Fsp3) is 0.900. The standard InChI is InChI=1S/C10H18F3N3/c1-8(2)16(3)5-4-15-7-9(6-14)10(11,12)13/h8-9,15H,4-5,7H2,1-3H3. The topological polar surface area (TPSA) is 39.1 Å². The molecule has 0 saturated carbocycles. The highest BCUT2D eigenvalue weighted by Crippen LogP contribution is 2.24. The first kappa shape index (κ1) is 15.2. The average molecular weight is 237 g/mol. The molecule has 0 saturated heterocycles. The van der Waals surface area contributed by atoms with Gasteiger partial charge in [-0.2, -0.15) is 18.4 Å². The quantitative estimate of drug-likeness (QED) is 0.713. The van der Waals surface area contributed by atoms with Gasteiger partial charge in [0.2, 0.25) is 0 Å². The van der Waals surface area contributed by atoms with E-state index in [0.717, 1.165) is 0 Å². The summed E-state index contributed by atoms with van der Waals surface area (Å²) in [5.41, 5.74) is 0. The van der Waals surface area contributed by atoms with E-state index in [4.69, 9.17) is 5.26 Å². The summed E-state index contributed by atoms with van der Waals surface area (Å²) in [6, 6.07) is 1.61. The highest BCUT2D eigenvalue weighted by molar-refractivity contribution is 4.89. The molecule has 6 heteroatoms. The SMILES string of the molecule is CC(C)N(C)CCNCC(C#N)C(F)(F)F. The normalized spacial score (nSPS) is 14.2. The zero-order valence-corrected chi connectivity index (χ0v) is 9.80. The maximum absolute atomic E-state index is 12.2. The van der Waals surface area contributed by atoms with Crippen LogP contribution in [0.2, 0.25) is 0 Å². The van der Waals surface area contributed by atoms with Crippen molar-refractivity contribution in [1.29, 1.82) is 5.26 Å². The molecule has 1 atom stereocenters. The van der Waals surface area contributed by atoms with Crippen molar-refractivity contribution in [2.45, 2.75) is 26.1 Å². The first-order valence-electron chi connectivity index (χ1n) is 5.16. The molecule has 0 aliphatic carbocycles. The van der Waals surface area contributed by atoms with Crippen molar-refractivity contribution < 1.29 is 13.2 Å². The van der Waals surface area contributed by atoms with Gasteiger partial charge >= 0.3 is 6.18 Å². The van der Waals surface area contributed by atoms with Crippen LogP contribution < -0.4 is 5.32 Å². The Balaban J connectivity index is 3.78. The minimum Gasteiger partial charge on any atom is -0.314 e. The predicted octanol–water partition coefficient (Wildman–Crippen LogP) is 1.62. The number of likely N-dealkylation sites (N-methyl/N-ethyl adjacent to an activating group) is 1. The van der Waals surface area contributed by atoms with Gasteiger partial charge in [0.15, 0.2) is 5.92 Å². The van der Waals surface area contributed by atoms with Crippen molar-refractivity contribution in [1.82, 2.24) is 10.2 Å². The van der Waals surface area contributed by atoms with E-state index in [2.05, 4.69) is 5.32 Å². The predicted molar refractivity (Wildman–Crippen MR) is 55.8 cm³/mol. The summed E-state index contributed by atoms with van der Waals surface area (Å²) in [7, 11) is 1.90. The molecular weight excluding hydrogens is 219 g/mol. The molecule has 0 spiro atoms. The monoisotopic (exact) mass is 237 g/mol. The van der Waals surface area contributed by atoms with E-state index in [1.165, 1.54) is 6.07 Å². The third-order valence-corrected chi connectivity index (χ3v) is 2.42. The summed E-state index contributed by atoms with van der Waals surface area (Å²) in [5, 5.41) is 11.0. The lowest BCUT2D eigenvalue weighted by molar-refractivity contribution is -0.157. The van der Waals surface area contributed by atoms with Gasteiger partial charge in [0.05, 0.1) is 6.07 Å². The third-order valence-electron chi connectivity index (χ3n) is 2.42. The number of nitriles is 1. The number of alkyl halides is 3. The third kappa shape index (κ3) is 5.93. The molecule has 0 aromatic rings. The van der Waals surface area contributed by atoms with E-state index in [1.54, 1.807) is 0 Å². The molecular formula is C10H18F3N3. The molecule has 94 valence electrons. The number of halogens is 3. The highest BCUT2D eigenvalue weighted by Gasteiger charge is 2.39. The Bertz CT molecular complexity index is 232. The summed E-state index contributed by atoms with van der Waals surface area (Å²) in [4.78, 5) is 2.02. The van der Waals surface area contributed by atoms with E-state index in [1.807, 2.05) is 25.8 Å². The highest BCUT2D eigenvalue weighted by atomic mass is 19.4. The second-order valence-electron chi connectivity index (χ2n) is 4.00. The second kappa shape index (κ2) is 6.71. The van der Waals surface area contributed by atoms with Crippen LogP contribution >= 0.6 is 0 Å². The van der Waals surface area contributed by atoms with Crippen LogP contribution in [-0.2, 0) is 0 Å². The van der Waals surface area contributed by atoms with Gasteiger partial charge in [0.1, 0.15) is 0 Å². The Morgan fingerprint density at radius 3 is 2.31 bits per heavy atom. The second-order valence-corrected chi connectivity index (χ2v) is 4.00. The molecule has 0 aliphatic rings. The van der Waals surface area contributed by atoms with Crippen LogP contribution in [0.3, 0.4) is 0 Å². The lowest BCUT2D eigenvalue weighted by Gasteiger charge is -2.21. The number of nitrogens with zero attached hydrogens (tertiary/aromatic N) is 2. The van der Waals surface area contributed by atoms with Gasteiger partial charge in [-0.15, -0.1) is 0 Å². The smallest absolute Gasteiger partial charge is 0.314 e. The van der Waals surface area contributed by atoms with Crippen molar-refractivity contribution in [2.24, 2.45) is 5.92 Å². The summed E-state index contributed by atoms with van der Waals surface area (Å²) < 4.78 is 36.5. The Kier molecular flexibility index (Phi) is 6.38. The van der Waals surface area contributed by atoms with Crippen LogP contribution in [0.15, 0.2) is 0 Å². The van der Waals surface area contributed by atoms with Crippen LogP contribution in [0.1, 0.15) is 13.8 Å². The molecule has 0 rings (SSSR count). The van der Waals surface area contributed by atoms with Crippen LogP contribution in [0.25, 0.3) is 0 Å². The van der Waals surface area contributed by atoms with Crippen LogP contribution in [0.4, 0.5) is 13.2 Å². The van der Waals surface area contributed by atoms with Gasteiger partial charge in [0.25, 0.3) is 0 Å². The van der Waals surface area contributed by atoms with Gasteiger partial charge in [-0.05, 0) is 20.9 Å². The zero-order valence-electron chi connectivity index (χ0n) is 9.80. The Labute approximate surface area is 94.2 Å². The van der Waals surface area contributed by atoms with E-state index in [-0.39, 0.29) is 6.54 Å². The van der Waals surface area contributed by atoms with E-state index < -0.39 is 12.1 Å². The fourth-order valence-corrected chi connectivity index (χ4v) is 0.995. The zero-order chi connectivity index (χ0) is 12.8. The van der Waals surface area contributed by atoms with Crippen molar-refractivity contribution in [3.63, 3.8) is 0 Å². The molecule has 0 aromatic carbocycles. The maximum Gasteiger partial charge on any atom is 0.405 e. The van der Waals surface area contributed by atoms with Gasteiger partial charge in [0, 0.05) is 25.7 Å². The van der Waals surface area contributed by atoms with Gasteiger partial charge in [-0.3, -0.25) is 0 Å². The summed E-state index contributed by atoms with van der Waals surface area (Å²) in [6.45, 7) is 4.78. The number of nitrogens with one attached hydrogen (secondary N) is 1. The largest absolute Gasteiger partial charge is 0.405 e. The summed E-state index contributed by atoms with van der Waals surface area (Å²) >= 11 is 0. The summed E-state index contributed by atoms with van der Waals surface area (Å²) in [5.74, 6) is -1.92. The number of rotatable bonds is 6. The first-order chi connectivity index (χ1) is 7.29. The Morgan fingerprint density at radius 1 is 1.38 bits per heavy atom. The van der Waals surface area contributed by atoms with Crippen molar-refractivity contribution in [2.75, 3.05) is 26.7 Å². The number of hydrogen-bond donors (Lipinski definition) is 1. The lowest BCUT2D eigenvalue weighted by atomic mass is 10.1. The Hall–Kier alpha value is -0.800. The molecule has 0 radical (unpaired) electrons. The van der Waals surface area contributed by atoms with E-state index >= 15 is 0 Å². The van der Waals surface area contributed by atoms with Crippen molar-refractivity contribution in [3.05, 3.63) is 0 Å². The molecule has 3 nitrogen and oxygen atoms in total. The molecule has 1 unspecified atom stereocenters. The van der Waals surface area contributed by atoms with Gasteiger partial charge in [-0.1, -0.05) is 0 Å². The fourth-order valence-electron chi connectivity index (χ4n) is 0.995. The van der Waals surface area contributed by atoms with E-state index in [9.17, 15) is 13.2 Å². The minimum absolute atomic E-state index is 0.341. The summed E-state index contributed by atoms with van der Waals surface area (Å²) in [6.07, 6.45) is -4.44. The lowest BCUT2D eigenvalue weighted by Crippen LogP contribution is -2.38. The van der Waals surface area contributed by atoms with Gasteiger partial charge in [-0.25, -0.2) is 0 Å². The van der Waals surface area contributed by atoms with Crippen LogP contribution in [0.5, 0.6) is 0 Å². The molecule has 0 fully saturated rings. The van der Waals surface area contributed by atoms with Crippen LogP contribution in [0, 0.1) is 17.2 Å². The van der Waals surface area contributed by atoms with Gasteiger partial charge < -0.3 is 10.2 Å². The minimum atomic E-state index is -4.44. The van der Waals surface area contributed by atoms with E-state index in [0.29, 0.717) is 19.1 Å². The average Bonchev–Trinajstić information content (AvgIpc) is 2.15. The van der Waals surface area contributed by atoms with Crippen molar-refractivity contribution in [3.8, 4) is 6.07 Å². The number of hydrogen-bond acceptors (Lipinski definition) is 3. The first-order valence-corrected chi connectivity index (χ1v) is 5.16. The Morgan fingerprint density at radius 2 is 1.94 bits per heavy atom. The molecule has 16 heavy (non-hydrogen) atoms. The molecule has 0 heterocycles. The molecule has 0 aromatic heterocycles. The maximum atomic E-state index is 12.2. The molecule has 0 amide bonds. The van der Waals surface area contributed by atoms with Crippen molar-refractivity contribution >= 4 is 0 Å². The van der Waals surface area contributed by atoms with Crippen LogP contribution in [-0.4, -0.2) is 43.8 Å². The molecule has 0 aliphatic heterocycles.